The van der Waals surface area contributed by atoms with E-state index in [1.54, 1.807) is 7.11 Å². The van der Waals surface area contributed by atoms with Crippen LogP contribution >= 0.6 is 11.8 Å². The Bertz CT molecular complexity index is 120. The first kappa shape index (κ1) is 11.3. The Morgan fingerprint density at radius 2 is 2.38 bits per heavy atom. The fourth-order valence-electron chi connectivity index (χ4n) is 1.82. The van der Waals surface area contributed by atoms with Gasteiger partial charge in [-0.2, -0.15) is 11.8 Å². The highest BCUT2D eigenvalue weighted by molar-refractivity contribution is 8.00. The van der Waals surface area contributed by atoms with E-state index in [4.69, 9.17) is 4.74 Å². The normalized spacial score (nSPS) is 25.8. The van der Waals surface area contributed by atoms with Gasteiger partial charge in [0, 0.05) is 18.4 Å². The van der Waals surface area contributed by atoms with E-state index in [1.807, 2.05) is 0 Å². The number of thioether (sulfide) groups is 1. The second-order valence-electron chi connectivity index (χ2n) is 3.52. The molecule has 1 rings (SSSR count). The van der Waals surface area contributed by atoms with Crippen LogP contribution in [0.2, 0.25) is 0 Å². The minimum Gasteiger partial charge on any atom is -0.383 e. The second-order valence-corrected chi connectivity index (χ2v) is 4.87. The molecule has 1 saturated heterocycles. The lowest BCUT2D eigenvalue weighted by Gasteiger charge is -2.29. The second kappa shape index (κ2) is 6.68. The van der Waals surface area contributed by atoms with Crippen molar-refractivity contribution in [2.24, 2.45) is 0 Å². The number of hydrogen-bond acceptors (Lipinski definition) is 3. The molecule has 1 aliphatic heterocycles. The molecule has 0 spiro atoms. The lowest BCUT2D eigenvalue weighted by molar-refractivity contribution is 0.164. The Balaban J connectivity index is 2.32. The maximum absolute atomic E-state index is 5.23. The van der Waals surface area contributed by atoms with Crippen molar-refractivity contribution in [3.05, 3.63) is 0 Å². The Morgan fingerprint density at radius 1 is 1.54 bits per heavy atom. The molecule has 78 valence electrons. The molecule has 1 heterocycles. The van der Waals surface area contributed by atoms with Gasteiger partial charge in [-0.25, -0.2) is 0 Å². The Hall–Kier alpha value is 0.270. The smallest absolute Gasteiger partial charge is 0.0626 e. The van der Waals surface area contributed by atoms with E-state index in [0.29, 0.717) is 6.04 Å². The maximum Gasteiger partial charge on any atom is 0.0626 e. The van der Waals surface area contributed by atoms with E-state index in [0.717, 1.165) is 18.4 Å². The Kier molecular flexibility index (Phi) is 5.83. The summed E-state index contributed by atoms with van der Waals surface area (Å²) in [6, 6.07) is 0.556. The summed E-state index contributed by atoms with van der Waals surface area (Å²) in [4.78, 5) is 0. The lowest BCUT2D eigenvalue weighted by atomic mass is 10.1. The van der Waals surface area contributed by atoms with Crippen LogP contribution in [0.5, 0.6) is 0 Å². The fourth-order valence-corrected chi connectivity index (χ4v) is 3.24. The van der Waals surface area contributed by atoms with Crippen LogP contribution in [0.15, 0.2) is 0 Å². The van der Waals surface area contributed by atoms with Gasteiger partial charge < -0.3 is 10.1 Å². The van der Waals surface area contributed by atoms with Crippen LogP contribution in [0.1, 0.15) is 26.2 Å². The Labute approximate surface area is 85.8 Å². The minimum atomic E-state index is 0.556. The zero-order valence-electron chi connectivity index (χ0n) is 8.71. The van der Waals surface area contributed by atoms with Crippen LogP contribution in [-0.4, -0.2) is 37.3 Å². The zero-order chi connectivity index (χ0) is 9.52. The molecule has 0 aromatic heterocycles. The highest BCUT2D eigenvalue weighted by Gasteiger charge is 2.22. The number of likely N-dealkylation sites (N-methyl/N-ethyl adjacent to an activating group) is 1. The molecular weight excluding hydrogens is 182 g/mol. The quantitative estimate of drug-likeness (QED) is 0.737. The summed E-state index contributed by atoms with van der Waals surface area (Å²) in [5.41, 5.74) is 0. The molecule has 0 aliphatic carbocycles. The van der Waals surface area contributed by atoms with Crippen LogP contribution in [0.4, 0.5) is 0 Å². The van der Waals surface area contributed by atoms with Crippen molar-refractivity contribution in [3.63, 3.8) is 0 Å². The minimum absolute atomic E-state index is 0.556. The third-order valence-corrected chi connectivity index (χ3v) is 3.99. The summed E-state index contributed by atoms with van der Waals surface area (Å²) in [5.74, 6) is 1.33. The third kappa shape index (κ3) is 3.88. The number of rotatable bonds is 5. The van der Waals surface area contributed by atoms with Gasteiger partial charge in [0.15, 0.2) is 0 Å². The predicted molar refractivity (Wildman–Crippen MR) is 59.4 cm³/mol. The fraction of sp³-hybridized carbons (Fsp3) is 1.00. The summed E-state index contributed by atoms with van der Waals surface area (Å²) in [5, 5.41) is 4.28. The molecule has 3 heteroatoms. The molecule has 0 aromatic rings. The van der Waals surface area contributed by atoms with Gasteiger partial charge in [0.05, 0.1) is 6.61 Å². The predicted octanol–water partition coefficient (Wildman–Crippen LogP) is 1.90. The van der Waals surface area contributed by atoms with Crippen molar-refractivity contribution in [3.8, 4) is 0 Å². The SMILES string of the molecule is CCNC(COC)C1CCCCS1. The van der Waals surface area contributed by atoms with E-state index < -0.39 is 0 Å². The molecule has 2 atom stereocenters. The summed E-state index contributed by atoms with van der Waals surface area (Å²) in [7, 11) is 1.79. The van der Waals surface area contributed by atoms with Gasteiger partial charge in [-0.05, 0) is 25.1 Å². The van der Waals surface area contributed by atoms with Gasteiger partial charge in [-0.1, -0.05) is 13.3 Å². The van der Waals surface area contributed by atoms with Gasteiger partial charge in [0.2, 0.25) is 0 Å². The largest absolute Gasteiger partial charge is 0.383 e. The first-order valence-corrected chi connectivity index (χ1v) is 6.27. The van der Waals surface area contributed by atoms with Crippen LogP contribution < -0.4 is 5.32 Å². The van der Waals surface area contributed by atoms with Gasteiger partial charge in [0.25, 0.3) is 0 Å². The Morgan fingerprint density at radius 3 is 2.92 bits per heavy atom. The van der Waals surface area contributed by atoms with E-state index in [-0.39, 0.29) is 0 Å². The summed E-state index contributed by atoms with van der Waals surface area (Å²) < 4.78 is 5.23. The van der Waals surface area contributed by atoms with Gasteiger partial charge in [0.1, 0.15) is 0 Å². The molecule has 1 fully saturated rings. The van der Waals surface area contributed by atoms with Crippen molar-refractivity contribution in [1.82, 2.24) is 5.32 Å². The molecule has 1 N–H and O–H groups in total. The van der Waals surface area contributed by atoms with Gasteiger partial charge in [-0.15, -0.1) is 0 Å². The van der Waals surface area contributed by atoms with Crippen molar-refractivity contribution in [2.75, 3.05) is 26.0 Å². The van der Waals surface area contributed by atoms with Crippen molar-refractivity contribution >= 4 is 11.8 Å². The first-order valence-electron chi connectivity index (χ1n) is 5.22. The average Bonchev–Trinajstić information content (AvgIpc) is 2.19. The lowest BCUT2D eigenvalue weighted by Crippen LogP contribution is -2.42. The molecule has 0 radical (unpaired) electrons. The van der Waals surface area contributed by atoms with Crippen molar-refractivity contribution in [2.45, 2.75) is 37.5 Å². The number of nitrogens with one attached hydrogen (secondary N) is 1. The van der Waals surface area contributed by atoms with Crippen LogP contribution in [0.3, 0.4) is 0 Å². The molecule has 0 amide bonds. The molecule has 0 saturated carbocycles. The molecule has 2 nitrogen and oxygen atoms in total. The molecular formula is C10H21NOS. The summed E-state index contributed by atoms with van der Waals surface area (Å²) in [6.07, 6.45) is 4.14. The van der Waals surface area contributed by atoms with Crippen molar-refractivity contribution in [1.29, 1.82) is 0 Å². The van der Waals surface area contributed by atoms with E-state index in [1.165, 1.54) is 25.0 Å². The van der Waals surface area contributed by atoms with Gasteiger partial charge >= 0.3 is 0 Å². The number of hydrogen-bond donors (Lipinski definition) is 1. The molecule has 2 unspecified atom stereocenters. The van der Waals surface area contributed by atoms with Crippen molar-refractivity contribution < 1.29 is 4.74 Å². The average molecular weight is 203 g/mol. The van der Waals surface area contributed by atoms with Crippen LogP contribution in [-0.2, 0) is 4.74 Å². The molecule has 0 bridgehead atoms. The molecule has 13 heavy (non-hydrogen) atoms. The standard InChI is InChI=1S/C10H21NOS/c1-3-11-9(8-12-2)10-6-4-5-7-13-10/h9-11H,3-8H2,1-2H3. The van der Waals surface area contributed by atoms with Crippen LogP contribution in [0, 0.1) is 0 Å². The molecule has 0 aromatic carbocycles. The molecule has 1 aliphatic rings. The number of methoxy groups -OCH3 is 1. The first-order chi connectivity index (χ1) is 6.38. The van der Waals surface area contributed by atoms with Crippen LogP contribution in [0.25, 0.3) is 0 Å². The highest BCUT2D eigenvalue weighted by atomic mass is 32.2. The topological polar surface area (TPSA) is 21.3 Å². The zero-order valence-corrected chi connectivity index (χ0v) is 9.53. The number of ether oxygens (including phenoxy) is 1. The summed E-state index contributed by atoms with van der Waals surface area (Å²) in [6.45, 7) is 4.06. The summed E-state index contributed by atoms with van der Waals surface area (Å²) >= 11 is 2.11. The van der Waals surface area contributed by atoms with E-state index in [9.17, 15) is 0 Å². The monoisotopic (exact) mass is 203 g/mol. The van der Waals surface area contributed by atoms with E-state index >= 15 is 0 Å². The van der Waals surface area contributed by atoms with E-state index in [2.05, 4.69) is 24.0 Å². The third-order valence-electron chi connectivity index (χ3n) is 2.48. The highest BCUT2D eigenvalue weighted by Crippen LogP contribution is 2.27. The maximum atomic E-state index is 5.23. The van der Waals surface area contributed by atoms with Gasteiger partial charge in [-0.3, -0.25) is 0 Å².